The second kappa shape index (κ2) is 8.49. The maximum absolute atomic E-state index is 13.6. The standard InChI is InChI=1S/C26H24F4N2O2/c1-14-21(24(34)32-18-6-4-5-16(11-18)26(28,29)30)22(15-7-9-17(27)10-8-15)23-19(31-14)12-25(2,3)13-20(23)33/h4-11,21-22H,12-13H2,1-3H3,(H,32,34)/t21?,22-/m1/s1. The summed E-state index contributed by atoms with van der Waals surface area (Å²) in [5.41, 5.74) is 0.853. The van der Waals surface area contributed by atoms with Crippen molar-refractivity contribution in [2.24, 2.45) is 16.3 Å². The van der Waals surface area contributed by atoms with E-state index in [0.29, 0.717) is 29.0 Å². The molecule has 178 valence electrons. The Kier molecular flexibility index (Phi) is 5.96. The van der Waals surface area contributed by atoms with Crippen LogP contribution in [0.15, 0.2) is 64.8 Å². The first-order valence-corrected chi connectivity index (χ1v) is 10.9. The van der Waals surface area contributed by atoms with Gasteiger partial charge in [0.15, 0.2) is 5.78 Å². The highest BCUT2D eigenvalue weighted by Crippen LogP contribution is 2.48. The van der Waals surface area contributed by atoms with Crippen LogP contribution in [0.5, 0.6) is 0 Å². The number of rotatable bonds is 3. The van der Waals surface area contributed by atoms with Gasteiger partial charge >= 0.3 is 6.18 Å². The summed E-state index contributed by atoms with van der Waals surface area (Å²) in [4.78, 5) is 31.2. The van der Waals surface area contributed by atoms with E-state index in [1.54, 1.807) is 6.92 Å². The van der Waals surface area contributed by atoms with Crippen LogP contribution < -0.4 is 5.32 Å². The van der Waals surface area contributed by atoms with Crippen molar-refractivity contribution in [2.75, 3.05) is 5.32 Å². The second-order valence-electron chi connectivity index (χ2n) is 9.63. The van der Waals surface area contributed by atoms with E-state index >= 15 is 0 Å². The topological polar surface area (TPSA) is 58.5 Å². The number of Topliss-reactive ketones (excluding diaryl/α,β-unsaturated/α-hetero) is 1. The van der Waals surface area contributed by atoms with E-state index in [0.717, 1.165) is 12.1 Å². The summed E-state index contributed by atoms with van der Waals surface area (Å²) in [5, 5.41) is 2.56. The predicted octanol–water partition coefficient (Wildman–Crippen LogP) is 6.30. The van der Waals surface area contributed by atoms with Gasteiger partial charge in [-0.25, -0.2) is 4.39 Å². The lowest BCUT2D eigenvalue weighted by Gasteiger charge is -2.39. The number of hydrogen-bond donors (Lipinski definition) is 1. The van der Waals surface area contributed by atoms with Crippen LogP contribution in [0, 0.1) is 17.2 Å². The van der Waals surface area contributed by atoms with Gasteiger partial charge in [0.05, 0.1) is 11.5 Å². The molecule has 34 heavy (non-hydrogen) atoms. The Balaban J connectivity index is 1.76. The smallest absolute Gasteiger partial charge is 0.325 e. The van der Waals surface area contributed by atoms with Crippen molar-refractivity contribution in [1.82, 2.24) is 0 Å². The lowest BCUT2D eigenvalue weighted by molar-refractivity contribution is -0.137. The van der Waals surface area contributed by atoms with Gasteiger partial charge in [-0.2, -0.15) is 13.2 Å². The fraction of sp³-hybridized carbons (Fsp3) is 0.346. The first kappa shape index (κ1) is 23.9. The van der Waals surface area contributed by atoms with Gasteiger partial charge in [0, 0.05) is 35.0 Å². The minimum absolute atomic E-state index is 0.0126. The zero-order chi connectivity index (χ0) is 24.8. The van der Waals surface area contributed by atoms with E-state index in [-0.39, 0.29) is 23.3 Å². The number of allylic oxidation sites excluding steroid dienone is 2. The van der Waals surface area contributed by atoms with Gasteiger partial charge in [0.25, 0.3) is 0 Å². The largest absolute Gasteiger partial charge is 0.416 e. The monoisotopic (exact) mass is 472 g/mol. The van der Waals surface area contributed by atoms with Crippen LogP contribution >= 0.6 is 0 Å². The molecule has 0 spiro atoms. The highest BCUT2D eigenvalue weighted by molar-refractivity contribution is 6.13. The van der Waals surface area contributed by atoms with Crippen molar-refractivity contribution in [3.63, 3.8) is 0 Å². The molecule has 1 N–H and O–H groups in total. The van der Waals surface area contributed by atoms with E-state index in [9.17, 15) is 27.2 Å². The minimum Gasteiger partial charge on any atom is -0.325 e. The molecule has 0 radical (unpaired) electrons. The lowest BCUT2D eigenvalue weighted by Crippen LogP contribution is -2.41. The average Bonchev–Trinajstić information content (AvgIpc) is 2.72. The summed E-state index contributed by atoms with van der Waals surface area (Å²) in [6, 6.07) is 9.94. The molecule has 4 nitrogen and oxygen atoms in total. The molecule has 0 fully saturated rings. The van der Waals surface area contributed by atoms with Crippen LogP contribution in [-0.2, 0) is 15.8 Å². The number of carbonyl (C=O) groups excluding carboxylic acids is 2. The fourth-order valence-electron chi connectivity index (χ4n) is 4.81. The number of aliphatic imine (C=N–C) groups is 1. The van der Waals surface area contributed by atoms with Crippen LogP contribution in [0.4, 0.5) is 23.2 Å². The molecule has 2 aliphatic rings. The highest BCUT2D eigenvalue weighted by Gasteiger charge is 2.45. The summed E-state index contributed by atoms with van der Waals surface area (Å²) in [7, 11) is 0. The zero-order valence-electron chi connectivity index (χ0n) is 19.0. The van der Waals surface area contributed by atoms with Crippen LogP contribution in [-0.4, -0.2) is 17.4 Å². The molecule has 1 aliphatic heterocycles. The van der Waals surface area contributed by atoms with Gasteiger partial charge in [-0.1, -0.05) is 32.0 Å². The van der Waals surface area contributed by atoms with Crippen molar-refractivity contribution in [3.05, 3.63) is 76.7 Å². The Morgan fingerprint density at radius 3 is 2.41 bits per heavy atom. The van der Waals surface area contributed by atoms with Crippen molar-refractivity contribution in [2.45, 2.75) is 45.7 Å². The normalized spacial score (nSPS) is 22.2. The van der Waals surface area contributed by atoms with Gasteiger partial charge in [0.2, 0.25) is 5.91 Å². The SMILES string of the molecule is CC1=NC2=C(C(=O)CC(C)(C)C2)[C@H](c2ccc(F)cc2)C1C(=O)Nc1cccc(C(F)(F)F)c1. The van der Waals surface area contributed by atoms with Crippen molar-refractivity contribution in [3.8, 4) is 0 Å². The number of halogens is 4. The quantitative estimate of drug-likeness (QED) is 0.533. The Hall–Kier alpha value is -3.29. The maximum Gasteiger partial charge on any atom is 0.416 e. The average molecular weight is 472 g/mol. The molecular formula is C26H24F4N2O2. The van der Waals surface area contributed by atoms with Crippen LogP contribution in [0.1, 0.15) is 50.7 Å². The number of ketones is 1. The second-order valence-corrected chi connectivity index (χ2v) is 9.63. The molecule has 2 aromatic rings. The molecule has 1 unspecified atom stereocenters. The summed E-state index contributed by atoms with van der Waals surface area (Å²) in [5.74, 6) is -2.83. The van der Waals surface area contributed by atoms with E-state index in [1.165, 1.54) is 36.4 Å². The van der Waals surface area contributed by atoms with Gasteiger partial charge in [-0.05, 0) is 54.7 Å². The third-order valence-electron chi connectivity index (χ3n) is 6.27. The van der Waals surface area contributed by atoms with E-state index in [4.69, 9.17) is 0 Å². The number of alkyl halides is 3. The highest BCUT2D eigenvalue weighted by atomic mass is 19.4. The number of nitrogens with zero attached hydrogens (tertiary/aromatic N) is 1. The van der Waals surface area contributed by atoms with Crippen molar-refractivity contribution < 1.29 is 27.2 Å². The Labute approximate surface area is 194 Å². The summed E-state index contributed by atoms with van der Waals surface area (Å²) in [6.07, 6.45) is -3.73. The van der Waals surface area contributed by atoms with Crippen molar-refractivity contribution in [1.29, 1.82) is 0 Å². The fourth-order valence-corrected chi connectivity index (χ4v) is 4.81. The molecule has 1 aliphatic carbocycles. The first-order valence-electron chi connectivity index (χ1n) is 10.9. The molecule has 0 aromatic heterocycles. The van der Waals surface area contributed by atoms with Gasteiger partial charge in [0.1, 0.15) is 5.82 Å². The van der Waals surface area contributed by atoms with Gasteiger partial charge < -0.3 is 5.32 Å². The molecular weight excluding hydrogens is 448 g/mol. The molecule has 1 heterocycles. The number of hydrogen-bond acceptors (Lipinski definition) is 3. The molecule has 8 heteroatoms. The van der Waals surface area contributed by atoms with Gasteiger partial charge in [-0.15, -0.1) is 0 Å². The zero-order valence-corrected chi connectivity index (χ0v) is 19.0. The Bertz CT molecular complexity index is 1210. The molecule has 2 atom stereocenters. The summed E-state index contributed by atoms with van der Waals surface area (Å²) >= 11 is 0. The first-order chi connectivity index (χ1) is 15.9. The third-order valence-corrected chi connectivity index (χ3v) is 6.27. The number of anilines is 1. The molecule has 0 saturated heterocycles. The van der Waals surface area contributed by atoms with Crippen LogP contribution in [0.25, 0.3) is 0 Å². The number of benzene rings is 2. The minimum atomic E-state index is -4.55. The number of carbonyl (C=O) groups is 2. The number of nitrogens with one attached hydrogen (secondary N) is 1. The molecule has 0 saturated carbocycles. The third kappa shape index (κ3) is 4.67. The van der Waals surface area contributed by atoms with Crippen LogP contribution in [0.3, 0.4) is 0 Å². The maximum atomic E-state index is 13.6. The lowest BCUT2D eigenvalue weighted by atomic mass is 9.66. The summed E-state index contributed by atoms with van der Waals surface area (Å²) in [6.45, 7) is 5.61. The van der Waals surface area contributed by atoms with E-state index < -0.39 is 35.3 Å². The van der Waals surface area contributed by atoms with Crippen LogP contribution in [0.2, 0.25) is 0 Å². The molecule has 1 amide bonds. The van der Waals surface area contributed by atoms with E-state index in [1.807, 2.05) is 13.8 Å². The Morgan fingerprint density at radius 1 is 1.09 bits per heavy atom. The number of amides is 1. The summed E-state index contributed by atoms with van der Waals surface area (Å²) < 4.78 is 53.0. The molecule has 4 rings (SSSR count). The van der Waals surface area contributed by atoms with Gasteiger partial charge in [-0.3, -0.25) is 14.6 Å². The van der Waals surface area contributed by atoms with E-state index in [2.05, 4.69) is 10.3 Å². The predicted molar refractivity (Wildman–Crippen MR) is 121 cm³/mol. The Morgan fingerprint density at radius 2 is 1.76 bits per heavy atom. The van der Waals surface area contributed by atoms with Crippen molar-refractivity contribution >= 4 is 23.1 Å². The molecule has 0 bridgehead atoms. The molecule has 2 aromatic carbocycles.